The molecule has 3 aromatic carbocycles. The number of rotatable bonds is 7. The lowest BCUT2D eigenvalue weighted by Crippen LogP contribution is -2.11. The Morgan fingerprint density at radius 2 is 1.74 bits per heavy atom. The van der Waals surface area contributed by atoms with Crippen molar-refractivity contribution < 1.29 is 9.53 Å². The Morgan fingerprint density at radius 3 is 2.53 bits per heavy atom. The van der Waals surface area contributed by atoms with Gasteiger partial charge in [0.1, 0.15) is 11.5 Å². The van der Waals surface area contributed by atoms with E-state index in [4.69, 9.17) is 14.8 Å². The molecule has 5 aromatic rings. The lowest BCUT2D eigenvalue weighted by atomic mass is 10.1. The zero-order valence-electron chi connectivity index (χ0n) is 19.7. The minimum atomic E-state index is -0.357. The van der Waals surface area contributed by atoms with Gasteiger partial charge in [0, 0.05) is 17.5 Å². The average molecular weight is 453 g/mol. The minimum absolute atomic E-state index is 0.357. The Morgan fingerprint density at radius 1 is 0.971 bits per heavy atom. The largest absolute Gasteiger partial charge is 0.465 e. The van der Waals surface area contributed by atoms with Crippen molar-refractivity contribution in [3.05, 3.63) is 84.2 Å². The Labute approximate surface area is 198 Å². The highest BCUT2D eigenvalue weighted by Crippen LogP contribution is 2.29. The van der Waals surface area contributed by atoms with Crippen molar-refractivity contribution in [1.29, 1.82) is 0 Å². The summed E-state index contributed by atoms with van der Waals surface area (Å²) in [7, 11) is 1.39. The van der Waals surface area contributed by atoms with Crippen LogP contribution in [0.4, 0.5) is 0 Å². The van der Waals surface area contributed by atoms with Crippen LogP contribution in [0.15, 0.2) is 72.8 Å². The molecule has 0 saturated carbocycles. The molecule has 0 atom stereocenters. The van der Waals surface area contributed by atoms with E-state index in [9.17, 15) is 4.79 Å². The number of hydrogen-bond acceptors (Lipinski definition) is 4. The van der Waals surface area contributed by atoms with E-state index in [0.717, 1.165) is 52.0 Å². The topological polar surface area (TPSA) is 61.9 Å². The van der Waals surface area contributed by atoms with Crippen molar-refractivity contribution in [3.8, 4) is 11.3 Å². The fraction of sp³-hybridized carbons (Fsp3) is 0.250. The maximum atomic E-state index is 12.1. The first-order valence-electron chi connectivity index (χ1n) is 11.6. The predicted molar refractivity (Wildman–Crippen MR) is 135 cm³/mol. The zero-order valence-corrected chi connectivity index (χ0v) is 19.7. The number of hydrogen-bond donors (Lipinski definition) is 0. The second-order valence-corrected chi connectivity index (χ2v) is 8.95. The van der Waals surface area contributed by atoms with Crippen LogP contribution in [0, 0.1) is 5.92 Å². The monoisotopic (exact) mass is 452 g/mol. The van der Waals surface area contributed by atoms with E-state index in [1.54, 1.807) is 6.07 Å². The number of methoxy groups -OCH3 is 1. The standard InChI is InChI=1S/C28H28N4O2/c1-19(2)15-16-31-25-14-7-5-12-23(25)29-26(31)18-32-24-13-6-4-11-22(24)27(30-32)20-9-8-10-21(17-20)28(33)34-3/h4-14,17,19H,15-16,18H2,1-3H3. The van der Waals surface area contributed by atoms with Crippen LogP contribution < -0.4 is 0 Å². The van der Waals surface area contributed by atoms with Gasteiger partial charge in [0.25, 0.3) is 0 Å². The normalized spacial score (nSPS) is 11.5. The van der Waals surface area contributed by atoms with Gasteiger partial charge in [-0.25, -0.2) is 9.78 Å². The van der Waals surface area contributed by atoms with Crippen molar-refractivity contribution in [3.63, 3.8) is 0 Å². The Kier molecular flexibility index (Phi) is 5.88. The average Bonchev–Trinajstić information content (AvgIpc) is 3.40. The zero-order chi connectivity index (χ0) is 23.7. The molecule has 0 saturated heterocycles. The van der Waals surface area contributed by atoms with Crippen LogP contribution in [0.25, 0.3) is 33.2 Å². The van der Waals surface area contributed by atoms with Crippen molar-refractivity contribution in [2.45, 2.75) is 33.4 Å². The molecule has 0 amide bonds. The van der Waals surface area contributed by atoms with Crippen molar-refractivity contribution in [2.75, 3.05) is 7.11 Å². The van der Waals surface area contributed by atoms with E-state index < -0.39 is 0 Å². The predicted octanol–water partition coefficient (Wildman–Crippen LogP) is 5.93. The number of imidazole rings is 1. The lowest BCUT2D eigenvalue weighted by molar-refractivity contribution is 0.0601. The number of carbonyl (C=O) groups is 1. The van der Waals surface area contributed by atoms with Gasteiger partial charge in [-0.1, -0.05) is 56.3 Å². The van der Waals surface area contributed by atoms with Crippen LogP contribution in [0.5, 0.6) is 0 Å². The summed E-state index contributed by atoms with van der Waals surface area (Å²) in [5.74, 6) is 1.24. The quantitative estimate of drug-likeness (QED) is 0.287. The smallest absolute Gasteiger partial charge is 0.337 e. The molecule has 34 heavy (non-hydrogen) atoms. The molecule has 6 nitrogen and oxygen atoms in total. The van der Waals surface area contributed by atoms with Crippen LogP contribution in [-0.2, 0) is 17.8 Å². The summed E-state index contributed by atoms with van der Waals surface area (Å²) < 4.78 is 9.24. The molecule has 0 radical (unpaired) electrons. The Balaban J connectivity index is 1.60. The van der Waals surface area contributed by atoms with Gasteiger partial charge in [0.2, 0.25) is 0 Å². The molecule has 0 aliphatic carbocycles. The molecular weight excluding hydrogens is 424 g/mol. The Bertz CT molecular complexity index is 1480. The molecule has 2 heterocycles. The number of ether oxygens (including phenoxy) is 1. The highest BCUT2D eigenvalue weighted by atomic mass is 16.5. The summed E-state index contributed by atoms with van der Waals surface area (Å²) in [6.07, 6.45) is 1.08. The van der Waals surface area contributed by atoms with Gasteiger partial charge in [-0.05, 0) is 42.7 Å². The minimum Gasteiger partial charge on any atom is -0.465 e. The van der Waals surface area contributed by atoms with Gasteiger partial charge in [-0.3, -0.25) is 4.68 Å². The number of carbonyl (C=O) groups excluding carboxylic acids is 1. The molecule has 0 aliphatic heterocycles. The summed E-state index contributed by atoms with van der Waals surface area (Å²) in [6, 6.07) is 23.9. The number of benzene rings is 3. The van der Waals surface area contributed by atoms with Crippen LogP contribution in [0.1, 0.15) is 36.5 Å². The third-order valence-electron chi connectivity index (χ3n) is 6.17. The molecule has 6 heteroatoms. The van der Waals surface area contributed by atoms with E-state index in [-0.39, 0.29) is 5.97 Å². The first-order chi connectivity index (χ1) is 16.5. The highest BCUT2D eigenvalue weighted by Gasteiger charge is 2.17. The number of fused-ring (bicyclic) bond motifs is 2. The summed E-state index contributed by atoms with van der Waals surface area (Å²) >= 11 is 0. The number of nitrogens with zero attached hydrogens (tertiary/aromatic N) is 4. The van der Waals surface area contributed by atoms with Crippen molar-refractivity contribution in [1.82, 2.24) is 19.3 Å². The molecule has 0 N–H and O–H groups in total. The van der Waals surface area contributed by atoms with Gasteiger partial charge in [-0.2, -0.15) is 5.10 Å². The molecule has 5 rings (SSSR count). The molecule has 0 fully saturated rings. The third-order valence-corrected chi connectivity index (χ3v) is 6.17. The first kappa shape index (κ1) is 21.9. The fourth-order valence-electron chi connectivity index (χ4n) is 4.39. The Hall–Kier alpha value is -3.93. The summed E-state index contributed by atoms with van der Waals surface area (Å²) in [4.78, 5) is 17.0. The molecule has 0 aliphatic rings. The van der Waals surface area contributed by atoms with E-state index in [2.05, 4.69) is 48.7 Å². The highest BCUT2D eigenvalue weighted by molar-refractivity contribution is 5.96. The number of para-hydroxylation sites is 3. The van der Waals surface area contributed by atoms with Crippen LogP contribution in [-0.4, -0.2) is 32.4 Å². The van der Waals surface area contributed by atoms with Gasteiger partial charge >= 0.3 is 5.97 Å². The third kappa shape index (κ3) is 4.07. The van der Waals surface area contributed by atoms with Crippen LogP contribution >= 0.6 is 0 Å². The van der Waals surface area contributed by atoms with Crippen LogP contribution in [0.3, 0.4) is 0 Å². The first-order valence-corrected chi connectivity index (χ1v) is 11.6. The van der Waals surface area contributed by atoms with Crippen molar-refractivity contribution >= 4 is 27.9 Å². The lowest BCUT2D eigenvalue weighted by Gasteiger charge is -2.11. The summed E-state index contributed by atoms with van der Waals surface area (Å²) in [5.41, 5.74) is 5.42. The number of aryl methyl sites for hydroxylation is 1. The molecule has 0 bridgehead atoms. The van der Waals surface area contributed by atoms with Crippen LogP contribution in [0.2, 0.25) is 0 Å². The maximum Gasteiger partial charge on any atom is 0.337 e. The summed E-state index contributed by atoms with van der Waals surface area (Å²) in [5, 5.41) is 6.04. The SMILES string of the molecule is COC(=O)c1cccc(-c2nn(Cc3nc4ccccc4n3CCC(C)C)c3ccccc23)c1. The second kappa shape index (κ2) is 9.14. The fourth-order valence-corrected chi connectivity index (χ4v) is 4.39. The summed E-state index contributed by atoms with van der Waals surface area (Å²) in [6.45, 7) is 5.97. The molecule has 0 unspecified atom stereocenters. The molecular formula is C28H28N4O2. The van der Waals surface area contributed by atoms with Gasteiger partial charge in [-0.15, -0.1) is 0 Å². The van der Waals surface area contributed by atoms with E-state index in [1.165, 1.54) is 7.11 Å². The van der Waals surface area contributed by atoms with Gasteiger partial charge in [0.05, 0.1) is 35.8 Å². The molecule has 0 spiro atoms. The van der Waals surface area contributed by atoms with Crippen molar-refractivity contribution in [2.24, 2.45) is 5.92 Å². The van der Waals surface area contributed by atoms with Gasteiger partial charge < -0.3 is 9.30 Å². The van der Waals surface area contributed by atoms with Gasteiger partial charge in [0.15, 0.2) is 0 Å². The molecule has 172 valence electrons. The second-order valence-electron chi connectivity index (χ2n) is 8.95. The van der Waals surface area contributed by atoms with E-state index in [1.807, 2.05) is 41.1 Å². The van der Waals surface area contributed by atoms with E-state index >= 15 is 0 Å². The number of aromatic nitrogens is 4. The molecule has 2 aromatic heterocycles. The maximum absolute atomic E-state index is 12.1. The number of esters is 1. The van der Waals surface area contributed by atoms with E-state index in [0.29, 0.717) is 18.0 Å².